The monoisotopic (exact) mass is 648 g/mol. The number of oxime groups is 1. The van der Waals surface area contributed by atoms with Gasteiger partial charge in [0.15, 0.2) is 34.0 Å². The zero-order valence-corrected chi connectivity index (χ0v) is 25.4. The summed E-state index contributed by atoms with van der Waals surface area (Å²) in [5.74, 6) is -2.54. The Balaban J connectivity index is 1.39. The lowest BCUT2D eigenvalue weighted by molar-refractivity contribution is -0.671. The van der Waals surface area contributed by atoms with E-state index >= 15 is 0 Å². The Bertz CT molecular complexity index is 1540. The van der Waals surface area contributed by atoms with Crippen molar-refractivity contribution in [3.63, 3.8) is 0 Å². The molecule has 1 amide bonds. The molecule has 0 bridgehead atoms. The van der Waals surface area contributed by atoms with Crippen molar-refractivity contribution in [1.29, 1.82) is 5.41 Å². The highest BCUT2D eigenvalue weighted by Gasteiger charge is 2.57. The second kappa shape index (κ2) is 13.3. The summed E-state index contributed by atoms with van der Waals surface area (Å²) in [6.45, 7) is 1.94. The number of aryl methyl sites for hydroxylation is 1. The van der Waals surface area contributed by atoms with Crippen molar-refractivity contribution in [3.8, 4) is 11.3 Å². The number of nitrogens with zero attached hydrogens (tertiary/aromatic N) is 6. The van der Waals surface area contributed by atoms with Crippen molar-refractivity contribution in [1.82, 2.24) is 24.7 Å². The second-order valence-electron chi connectivity index (χ2n) is 8.79. The van der Waals surface area contributed by atoms with Gasteiger partial charge in [0.1, 0.15) is 26.0 Å². The first-order valence-corrected chi connectivity index (χ1v) is 15.9. The lowest BCUT2D eigenvalue weighted by atomic mass is 9.86. The molecule has 220 valence electrons. The van der Waals surface area contributed by atoms with Gasteiger partial charge in [-0.05, 0) is 18.5 Å². The molecule has 5 heterocycles. The fourth-order valence-electron chi connectivity index (χ4n) is 4.29. The van der Waals surface area contributed by atoms with E-state index in [1.165, 1.54) is 39.8 Å². The quantitative estimate of drug-likeness (QED) is 0.0785. The molecule has 1 saturated heterocycles. The standard InChI is InChI=1S/C24H24N8O6S4/c1-3-38-29-18(20-27-15(42-30-20)8-37-11-25)17(28-36)16-21(33)32-19(23(34)35)14(10-39-22(16)32)41-24-26-13(9-40-24)12-4-6-31(2)7-5-12/h4-7,9,11,16-17,22,25,28,36H,3,8,10H2,1-2H3/b25-11?,29-18+/t16-,17?,22-/m1/s1. The number of amides is 1. The molecule has 3 N–H and O–H groups in total. The maximum atomic E-state index is 13.5. The molecule has 0 saturated carbocycles. The van der Waals surface area contributed by atoms with Gasteiger partial charge in [-0.2, -0.15) is 9.85 Å². The summed E-state index contributed by atoms with van der Waals surface area (Å²) in [6.07, 6.45) is 4.61. The van der Waals surface area contributed by atoms with E-state index in [9.17, 15) is 19.9 Å². The maximum Gasteiger partial charge on any atom is 0.236 e. The maximum absolute atomic E-state index is 13.5. The van der Waals surface area contributed by atoms with Gasteiger partial charge in [0, 0.05) is 33.7 Å². The van der Waals surface area contributed by atoms with E-state index in [0.717, 1.165) is 29.2 Å². The fourth-order valence-corrected chi connectivity index (χ4v) is 8.43. The van der Waals surface area contributed by atoms with Crippen LogP contribution >= 0.6 is 46.4 Å². The van der Waals surface area contributed by atoms with Crippen LogP contribution in [0.5, 0.6) is 0 Å². The van der Waals surface area contributed by atoms with Gasteiger partial charge in [0.25, 0.3) is 0 Å². The third-order valence-corrected chi connectivity index (χ3v) is 10.4. The van der Waals surface area contributed by atoms with Crippen LogP contribution in [0.15, 0.2) is 50.0 Å². The number of thioether (sulfide) groups is 2. The average Bonchev–Trinajstić information content (AvgIpc) is 3.65. The van der Waals surface area contributed by atoms with Crippen LogP contribution in [0.4, 0.5) is 0 Å². The van der Waals surface area contributed by atoms with Crippen LogP contribution in [0.1, 0.15) is 17.8 Å². The van der Waals surface area contributed by atoms with Gasteiger partial charge >= 0.3 is 0 Å². The number of hydroxylamine groups is 1. The first kappa shape index (κ1) is 30.1. The molecule has 18 heteroatoms. The zero-order chi connectivity index (χ0) is 29.8. The van der Waals surface area contributed by atoms with Crippen LogP contribution in [-0.2, 0) is 32.8 Å². The van der Waals surface area contributed by atoms with E-state index in [1.807, 2.05) is 41.5 Å². The van der Waals surface area contributed by atoms with Gasteiger partial charge in [-0.25, -0.2) is 14.5 Å². The second-order valence-corrected chi connectivity index (χ2v) is 12.9. The Labute approximate surface area is 256 Å². The lowest BCUT2D eigenvalue weighted by Gasteiger charge is -2.52. The number of fused-ring (bicyclic) bond motifs is 1. The van der Waals surface area contributed by atoms with Crippen LogP contribution in [0.3, 0.4) is 0 Å². The predicted molar refractivity (Wildman–Crippen MR) is 154 cm³/mol. The number of hydrogen-bond acceptors (Lipinski definition) is 16. The highest BCUT2D eigenvalue weighted by atomic mass is 32.2. The number of nitrogens with one attached hydrogen (secondary N) is 2. The summed E-state index contributed by atoms with van der Waals surface area (Å²) in [4.78, 5) is 41.7. The predicted octanol–water partition coefficient (Wildman–Crippen LogP) is 0.983. The van der Waals surface area contributed by atoms with Crippen molar-refractivity contribution >= 4 is 70.4 Å². The number of rotatable bonds is 13. The highest BCUT2D eigenvalue weighted by molar-refractivity contribution is 8.07. The van der Waals surface area contributed by atoms with Crippen molar-refractivity contribution in [2.45, 2.75) is 29.3 Å². The number of thiazole rings is 1. The molecule has 1 fully saturated rings. The number of β-lactam (4-membered cyclic amide) rings is 1. The number of carboxylic acid groups (broad SMARTS) is 1. The molecule has 1 unspecified atom stereocenters. The molecular formula is C24H24N8O6S4. The van der Waals surface area contributed by atoms with Gasteiger partial charge in [-0.3, -0.25) is 15.1 Å². The van der Waals surface area contributed by atoms with Crippen LogP contribution in [0.25, 0.3) is 11.3 Å². The molecule has 3 atom stereocenters. The molecule has 5 rings (SSSR count). The number of hydrogen-bond donors (Lipinski definition) is 3. The molecule has 0 spiro atoms. The first-order chi connectivity index (χ1) is 20.4. The summed E-state index contributed by atoms with van der Waals surface area (Å²) in [5.41, 5.74) is 3.68. The molecule has 3 aromatic rings. The van der Waals surface area contributed by atoms with Crippen molar-refractivity contribution in [3.05, 3.63) is 51.3 Å². The smallest absolute Gasteiger partial charge is 0.236 e. The Kier molecular flexibility index (Phi) is 9.49. The van der Waals surface area contributed by atoms with E-state index in [0.29, 0.717) is 14.3 Å². The summed E-state index contributed by atoms with van der Waals surface area (Å²) in [6, 6.07) is 2.78. The molecule has 0 aliphatic carbocycles. The van der Waals surface area contributed by atoms with Gasteiger partial charge in [0.2, 0.25) is 5.91 Å². The molecule has 0 radical (unpaired) electrons. The number of ether oxygens (including phenoxy) is 1. The van der Waals surface area contributed by atoms with Crippen molar-refractivity contribution in [2.75, 3.05) is 12.4 Å². The summed E-state index contributed by atoms with van der Waals surface area (Å²) in [5, 5.41) is 35.3. The minimum atomic E-state index is -1.48. The van der Waals surface area contributed by atoms with Gasteiger partial charge in [0.05, 0.1) is 34.7 Å². The largest absolute Gasteiger partial charge is 0.543 e. The number of carbonyl (C=O) groups is 2. The summed E-state index contributed by atoms with van der Waals surface area (Å²) >= 11 is 4.93. The number of carboxylic acids is 1. The van der Waals surface area contributed by atoms with Crippen molar-refractivity contribution < 1.29 is 34.0 Å². The van der Waals surface area contributed by atoms with Crippen molar-refractivity contribution in [2.24, 2.45) is 18.1 Å². The normalized spacial score (nSPS) is 19.3. The molecular weight excluding hydrogens is 625 g/mol. The van der Waals surface area contributed by atoms with Crippen LogP contribution in [0.2, 0.25) is 0 Å². The molecule has 42 heavy (non-hydrogen) atoms. The van der Waals surface area contributed by atoms with Crippen LogP contribution < -0.4 is 15.2 Å². The summed E-state index contributed by atoms with van der Waals surface area (Å²) in [7, 11) is 1.92. The van der Waals surface area contributed by atoms with Crippen LogP contribution in [0, 0.1) is 11.3 Å². The molecule has 2 aliphatic rings. The number of pyridine rings is 1. The molecule has 14 nitrogen and oxygen atoms in total. The number of aromatic nitrogens is 4. The third kappa shape index (κ3) is 6.04. The van der Waals surface area contributed by atoms with E-state index < -0.39 is 29.2 Å². The zero-order valence-electron chi connectivity index (χ0n) is 22.1. The highest BCUT2D eigenvalue weighted by Crippen LogP contribution is 2.49. The third-order valence-electron chi connectivity index (χ3n) is 6.21. The van der Waals surface area contributed by atoms with Gasteiger partial charge in [-0.15, -0.1) is 23.1 Å². The first-order valence-electron chi connectivity index (χ1n) is 12.4. The lowest BCUT2D eigenvalue weighted by Crippen LogP contribution is -2.68. The fraction of sp³-hybridized carbons (Fsp3) is 0.333. The molecule has 2 aliphatic heterocycles. The summed E-state index contributed by atoms with van der Waals surface area (Å²) < 4.78 is 11.7. The molecule has 0 aromatic carbocycles. The van der Waals surface area contributed by atoms with Gasteiger partial charge in [-0.1, -0.05) is 16.9 Å². The van der Waals surface area contributed by atoms with Gasteiger partial charge < -0.3 is 24.7 Å². The van der Waals surface area contributed by atoms with E-state index in [-0.39, 0.29) is 36.2 Å². The number of carbonyl (C=O) groups excluding carboxylic acids is 2. The molecule has 3 aromatic heterocycles. The van der Waals surface area contributed by atoms with E-state index in [4.69, 9.17) is 15.0 Å². The average molecular weight is 649 g/mol. The Morgan fingerprint density at radius 1 is 1.43 bits per heavy atom. The Morgan fingerprint density at radius 3 is 2.90 bits per heavy atom. The Morgan fingerprint density at radius 2 is 2.21 bits per heavy atom. The topological polar surface area (TPSA) is 190 Å². The Hall–Kier alpha value is -3.42. The minimum absolute atomic E-state index is 0.0137. The van der Waals surface area contributed by atoms with E-state index in [2.05, 4.69) is 25.0 Å². The van der Waals surface area contributed by atoms with E-state index in [1.54, 1.807) is 6.92 Å². The SMILES string of the molecule is CCO/N=C(/c1nsc(COC=N)n1)C(NO)[C@@H]1C(=O)N2C(C(=O)[O-])=C(Sc3nc(-c4cc[n+](C)cc4)cs3)CS[C@H]12. The number of aliphatic carboxylic acids is 1. The minimum Gasteiger partial charge on any atom is -0.543 e. The van der Waals surface area contributed by atoms with Crippen LogP contribution in [-0.4, -0.2) is 72.2 Å².